The number of halogens is 1. The zero-order valence-electron chi connectivity index (χ0n) is 17.3. The van der Waals surface area contributed by atoms with Crippen LogP contribution in [0, 0.1) is 0 Å². The van der Waals surface area contributed by atoms with Crippen LogP contribution in [-0.2, 0) is 20.9 Å². The molecule has 0 spiro atoms. The second-order valence-electron chi connectivity index (χ2n) is 6.83. The number of hydrogen-bond donors (Lipinski definition) is 2. The smallest absolute Gasteiger partial charge is 0.359 e. The van der Waals surface area contributed by atoms with Crippen LogP contribution in [0.25, 0.3) is 10.8 Å². The van der Waals surface area contributed by atoms with Crippen molar-refractivity contribution in [2.75, 3.05) is 19.7 Å². The average Bonchev–Trinajstić information content (AvgIpc) is 2.81. The molecule has 9 nitrogen and oxygen atoms in total. The van der Waals surface area contributed by atoms with Gasteiger partial charge < -0.3 is 15.0 Å². The minimum absolute atomic E-state index is 0.100. The zero-order valence-corrected chi connectivity index (χ0v) is 18.0. The van der Waals surface area contributed by atoms with E-state index in [4.69, 9.17) is 16.3 Å². The van der Waals surface area contributed by atoms with Crippen molar-refractivity contribution in [1.29, 1.82) is 0 Å². The maximum absolute atomic E-state index is 12.5. The summed E-state index contributed by atoms with van der Waals surface area (Å²) in [4.78, 5) is 50.2. The average molecular weight is 457 g/mol. The molecule has 2 aromatic carbocycles. The van der Waals surface area contributed by atoms with Crippen molar-refractivity contribution in [3.05, 3.63) is 75.2 Å². The first-order valence-electron chi connectivity index (χ1n) is 9.82. The summed E-state index contributed by atoms with van der Waals surface area (Å²) in [6.07, 6.45) is 0. The number of aromatic nitrogens is 2. The molecule has 0 saturated heterocycles. The van der Waals surface area contributed by atoms with Crippen LogP contribution in [0.3, 0.4) is 0 Å². The maximum Gasteiger partial charge on any atom is 0.359 e. The summed E-state index contributed by atoms with van der Waals surface area (Å²) in [6.45, 7) is 1.52. The third-order valence-corrected chi connectivity index (χ3v) is 4.94. The van der Waals surface area contributed by atoms with Crippen LogP contribution in [-0.4, -0.2) is 52.6 Å². The number of nitrogens with zero attached hydrogens (tertiary/aromatic N) is 2. The number of likely N-dealkylation sites (N-methyl/N-ethyl adjacent to an activating group) is 1. The molecule has 0 bridgehead atoms. The van der Waals surface area contributed by atoms with Gasteiger partial charge in [0.2, 0.25) is 5.91 Å². The summed E-state index contributed by atoms with van der Waals surface area (Å²) in [7, 11) is 0. The highest BCUT2D eigenvalue weighted by atomic mass is 35.5. The predicted molar refractivity (Wildman–Crippen MR) is 118 cm³/mol. The number of benzene rings is 2. The lowest BCUT2D eigenvalue weighted by Crippen LogP contribution is -2.42. The summed E-state index contributed by atoms with van der Waals surface area (Å²) in [5.74, 6) is -1.74. The Morgan fingerprint density at radius 2 is 1.78 bits per heavy atom. The first-order valence-corrected chi connectivity index (χ1v) is 10.2. The number of fused-ring (bicyclic) bond motifs is 1. The molecule has 0 aliphatic carbocycles. The highest BCUT2D eigenvalue weighted by molar-refractivity contribution is 6.30. The third kappa shape index (κ3) is 5.70. The fourth-order valence-electron chi connectivity index (χ4n) is 2.97. The Morgan fingerprint density at radius 1 is 1.09 bits per heavy atom. The summed E-state index contributed by atoms with van der Waals surface area (Å²) in [5, 5.41) is 9.92. The quantitative estimate of drug-likeness (QED) is 0.499. The molecule has 0 radical (unpaired) electrons. The van der Waals surface area contributed by atoms with Gasteiger partial charge in [-0.25, -0.2) is 9.89 Å². The van der Waals surface area contributed by atoms with Crippen molar-refractivity contribution in [2.45, 2.75) is 13.5 Å². The van der Waals surface area contributed by atoms with Crippen LogP contribution in [0.1, 0.15) is 23.0 Å². The Bertz CT molecular complexity index is 1190. The summed E-state index contributed by atoms with van der Waals surface area (Å²) in [6, 6.07) is 13.5. The van der Waals surface area contributed by atoms with Crippen molar-refractivity contribution in [3.63, 3.8) is 0 Å². The number of carbonyl (C=O) groups is 3. The van der Waals surface area contributed by atoms with Crippen LogP contribution in [0.15, 0.2) is 53.3 Å². The Hall–Kier alpha value is -3.72. The Kier molecular flexibility index (Phi) is 7.56. The van der Waals surface area contributed by atoms with Crippen LogP contribution >= 0.6 is 11.6 Å². The SMILES string of the molecule is CCN(CC(=O)NCc1ccc(Cl)cc1)C(=O)COC(=O)c1n[nH]c(=O)c2ccccc12. The van der Waals surface area contributed by atoms with Crippen molar-refractivity contribution in [3.8, 4) is 0 Å². The Balaban J connectivity index is 1.55. The van der Waals surface area contributed by atoms with E-state index in [-0.39, 0.29) is 30.1 Å². The molecule has 2 N–H and O–H groups in total. The van der Waals surface area contributed by atoms with Crippen LogP contribution in [0.4, 0.5) is 0 Å². The lowest BCUT2D eigenvalue weighted by molar-refractivity contribution is -0.138. The highest BCUT2D eigenvalue weighted by Gasteiger charge is 2.20. The van der Waals surface area contributed by atoms with E-state index in [1.54, 1.807) is 55.5 Å². The van der Waals surface area contributed by atoms with E-state index in [0.717, 1.165) is 5.56 Å². The van der Waals surface area contributed by atoms with Gasteiger partial charge in [0.15, 0.2) is 12.3 Å². The van der Waals surface area contributed by atoms with Gasteiger partial charge in [0.25, 0.3) is 11.5 Å². The standard InChI is InChI=1S/C22H21ClN4O5/c1-2-27(12-18(28)24-11-14-7-9-15(23)10-8-14)19(29)13-32-22(31)20-16-5-3-4-6-17(16)21(30)26-25-20/h3-10H,2,11-13H2,1H3,(H,24,28)(H,26,30). The fraction of sp³-hybridized carbons (Fsp3) is 0.227. The van der Waals surface area contributed by atoms with E-state index in [1.165, 1.54) is 4.90 Å². The molecular formula is C22H21ClN4O5. The van der Waals surface area contributed by atoms with E-state index < -0.39 is 24.0 Å². The van der Waals surface area contributed by atoms with Crippen molar-refractivity contribution < 1.29 is 19.1 Å². The van der Waals surface area contributed by atoms with Crippen LogP contribution in [0.2, 0.25) is 5.02 Å². The molecule has 1 heterocycles. The molecule has 166 valence electrons. The van der Waals surface area contributed by atoms with Gasteiger partial charge in [-0.05, 0) is 30.7 Å². The van der Waals surface area contributed by atoms with Gasteiger partial charge in [-0.3, -0.25) is 14.4 Å². The minimum Gasteiger partial charge on any atom is -0.451 e. The molecule has 32 heavy (non-hydrogen) atoms. The lowest BCUT2D eigenvalue weighted by Gasteiger charge is -2.20. The van der Waals surface area contributed by atoms with Gasteiger partial charge in [0.05, 0.1) is 11.9 Å². The molecule has 0 atom stereocenters. The number of carbonyl (C=O) groups excluding carboxylic acids is 3. The van der Waals surface area contributed by atoms with Gasteiger partial charge in [-0.2, -0.15) is 5.10 Å². The van der Waals surface area contributed by atoms with E-state index in [1.807, 2.05) is 0 Å². The first kappa shape index (κ1) is 23.0. The fourth-order valence-corrected chi connectivity index (χ4v) is 3.09. The molecule has 3 rings (SSSR count). The molecule has 0 unspecified atom stereocenters. The Morgan fingerprint density at radius 3 is 2.47 bits per heavy atom. The predicted octanol–water partition coefficient (Wildman–Crippen LogP) is 1.90. The third-order valence-electron chi connectivity index (χ3n) is 4.69. The summed E-state index contributed by atoms with van der Waals surface area (Å²) in [5.41, 5.74) is 0.332. The molecule has 0 aliphatic rings. The van der Waals surface area contributed by atoms with Gasteiger partial charge >= 0.3 is 5.97 Å². The van der Waals surface area contributed by atoms with Crippen molar-refractivity contribution in [2.24, 2.45) is 0 Å². The van der Waals surface area contributed by atoms with E-state index in [0.29, 0.717) is 17.0 Å². The number of ether oxygens (including phenoxy) is 1. The van der Waals surface area contributed by atoms with Gasteiger partial charge in [0, 0.05) is 23.5 Å². The topological polar surface area (TPSA) is 121 Å². The van der Waals surface area contributed by atoms with Crippen LogP contribution < -0.4 is 10.9 Å². The normalized spacial score (nSPS) is 10.6. The number of rotatable bonds is 8. The molecule has 0 aliphatic heterocycles. The van der Waals surface area contributed by atoms with E-state index in [2.05, 4.69) is 15.5 Å². The van der Waals surface area contributed by atoms with Crippen LogP contribution in [0.5, 0.6) is 0 Å². The number of amides is 2. The number of nitrogens with one attached hydrogen (secondary N) is 2. The van der Waals surface area contributed by atoms with Gasteiger partial charge in [-0.15, -0.1) is 0 Å². The summed E-state index contributed by atoms with van der Waals surface area (Å²) < 4.78 is 5.08. The van der Waals surface area contributed by atoms with E-state index in [9.17, 15) is 19.2 Å². The lowest BCUT2D eigenvalue weighted by atomic mass is 10.1. The van der Waals surface area contributed by atoms with E-state index >= 15 is 0 Å². The molecule has 2 amide bonds. The Labute approximate surface area is 188 Å². The summed E-state index contributed by atoms with van der Waals surface area (Å²) >= 11 is 5.84. The number of aromatic amines is 1. The first-order chi connectivity index (χ1) is 15.4. The molecule has 0 saturated carbocycles. The number of H-pyrrole nitrogens is 1. The second-order valence-corrected chi connectivity index (χ2v) is 7.27. The van der Waals surface area contributed by atoms with Gasteiger partial charge in [-0.1, -0.05) is 41.9 Å². The van der Waals surface area contributed by atoms with Crippen molar-refractivity contribution in [1.82, 2.24) is 20.4 Å². The molecule has 1 aromatic heterocycles. The number of hydrogen-bond acceptors (Lipinski definition) is 6. The molecule has 3 aromatic rings. The second kappa shape index (κ2) is 10.5. The minimum atomic E-state index is -0.853. The number of esters is 1. The zero-order chi connectivity index (χ0) is 23.1. The highest BCUT2D eigenvalue weighted by Crippen LogP contribution is 2.13. The molecular weight excluding hydrogens is 436 g/mol. The molecule has 10 heteroatoms. The monoisotopic (exact) mass is 456 g/mol. The molecule has 0 fully saturated rings. The van der Waals surface area contributed by atoms with Gasteiger partial charge in [0.1, 0.15) is 0 Å². The van der Waals surface area contributed by atoms with Crippen molar-refractivity contribution >= 4 is 40.2 Å². The maximum atomic E-state index is 12.5. The largest absolute Gasteiger partial charge is 0.451 e.